The van der Waals surface area contributed by atoms with Gasteiger partial charge in [0.15, 0.2) is 0 Å². The average Bonchev–Trinajstić information content (AvgIpc) is 2.26. The minimum absolute atomic E-state index is 0.0425. The molecule has 0 saturated carbocycles. The lowest BCUT2D eigenvalue weighted by molar-refractivity contribution is 0.580. The summed E-state index contributed by atoms with van der Waals surface area (Å²) in [5, 5.41) is 8.76. The van der Waals surface area contributed by atoms with E-state index in [1.165, 1.54) is 12.1 Å². The molecule has 0 radical (unpaired) electrons. The fourth-order valence-corrected chi connectivity index (χ4v) is 2.40. The van der Waals surface area contributed by atoms with Crippen molar-refractivity contribution in [1.29, 1.82) is 5.26 Å². The third kappa shape index (κ3) is 2.78. The first kappa shape index (κ1) is 11.7. The van der Waals surface area contributed by atoms with Gasteiger partial charge < -0.3 is 0 Å². The maximum atomic E-state index is 11.7. The number of benzene rings is 1. The van der Waals surface area contributed by atoms with Gasteiger partial charge in [0.05, 0.1) is 10.5 Å². The Bertz CT molecular complexity index is 474. The first-order valence-corrected chi connectivity index (χ1v) is 6.09. The lowest BCUT2D eigenvalue weighted by atomic mass is 10.2. The zero-order valence-electron chi connectivity index (χ0n) is 8.40. The second kappa shape index (κ2) is 4.91. The Morgan fingerprint density at radius 1 is 1.40 bits per heavy atom. The fourth-order valence-electron chi connectivity index (χ4n) is 1.11. The molecule has 80 valence electrons. The lowest BCUT2D eigenvalue weighted by Gasteiger charge is -2.06. The van der Waals surface area contributed by atoms with Crippen LogP contribution >= 0.6 is 0 Å². The molecule has 5 heteroatoms. The topological polar surface area (TPSA) is 70.0 Å². The van der Waals surface area contributed by atoms with Crippen molar-refractivity contribution in [3.05, 3.63) is 29.8 Å². The third-order valence-corrected chi connectivity index (χ3v) is 3.36. The molecule has 0 fully saturated rings. The van der Waals surface area contributed by atoms with E-state index in [0.29, 0.717) is 13.0 Å². The van der Waals surface area contributed by atoms with Crippen molar-refractivity contribution in [2.45, 2.75) is 18.2 Å². The van der Waals surface area contributed by atoms with Gasteiger partial charge in [-0.2, -0.15) is 5.26 Å². The number of nitrogens with zero attached hydrogens (tertiary/aromatic N) is 1. The number of rotatable bonds is 4. The van der Waals surface area contributed by atoms with E-state index in [1.54, 1.807) is 12.1 Å². The van der Waals surface area contributed by atoms with Crippen LogP contribution in [0.2, 0.25) is 0 Å². The lowest BCUT2D eigenvalue weighted by Crippen LogP contribution is -2.25. The van der Waals surface area contributed by atoms with Gasteiger partial charge in [0.2, 0.25) is 10.0 Å². The molecule has 4 nitrogen and oxygen atoms in total. The Morgan fingerprint density at radius 3 is 2.67 bits per heavy atom. The van der Waals surface area contributed by atoms with E-state index in [2.05, 4.69) is 4.72 Å². The molecule has 1 aromatic rings. The van der Waals surface area contributed by atoms with E-state index in [-0.39, 0.29) is 10.5 Å². The van der Waals surface area contributed by atoms with Crippen LogP contribution in [0, 0.1) is 11.3 Å². The smallest absolute Gasteiger partial charge is 0.211 e. The van der Waals surface area contributed by atoms with Crippen molar-refractivity contribution in [3.8, 4) is 6.07 Å². The second-order valence-electron chi connectivity index (χ2n) is 3.01. The van der Waals surface area contributed by atoms with Crippen LogP contribution < -0.4 is 4.72 Å². The summed E-state index contributed by atoms with van der Waals surface area (Å²) in [7, 11) is -3.54. The SMILES string of the molecule is CCCNS(=O)(=O)c1ccccc1C#N. The van der Waals surface area contributed by atoms with Crippen LogP contribution in [-0.2, 0) is 10.0 Å². The van der Waals surface area contributed by atoms with Gasteiger partial charge in [-0.3, -0.25) is 0 Å². The number of sulfonamides is 1. The van der Waals surface area contributed by atoms with Crippen LogP contribution in [0.25, 0.3) is 0 Å². The summed E-state index contributed by atoms with van der Waals surface area (Å²) in [4.78, 5) is 0.0425. The molecular formula is C10H12N2O2S. The van der Waals surface area contributed by atoms with E-state index < -0.39 is 10.0 Å². The molecule has 0 aliphatic rings. The Hall–Kier alpha value is -1.38. The van der Waals surface area contributed by atoms with E-state index >= 15 is 0 Å². The quantitative estimate of drug-likeness (QED) is 0.836. The summed E-state index contributed by atoms with van der Waals surface area (Å²) >= 11 is 0. The summed E-state index contributed by atoms with van der Waals surface area (Å²) in [5.74, 6) is 0. The standard InChI is InChI=1S/C10H12N2O2S/c1-2-7-12-15(13,14)10-6-4-3-5-9(10)8-11/h3-6,12H,2,7H2,1H3. The van der Waals surface area contributed by atoms with Gasteiger partial charge in [0.25, 0.3) is 0 Å². The van der Waals surface area contributed by atoms with Crippen LogP contribution in [0.3, 0.4) is 0 Å². The Labute approximate surface area is 89.6 Å². The molecule has 0 amide bonds. The van der Waals surface area contributed by atoms with Gasteiger partial charge in [-0.1, -0.05) is 19.1 Å². The van der Waals surface area contributed by atoms with E-state index in [0.717, 1.165) is 0 Å². The number of nitrogens with one attached hydrogen (secondary N) is 1. The molecule has 1 N–H and O–H groups in total. The zero-order chi connectivity index (χ0) is 11.3. The first-order valence-electron chi connectivity index (χ1n) is 4.60. The number of nitriles is 1. The molecule has 15 heavy (non-hydrogen) atoms. The summed E-state index contributed by atoms with van der Waals surface area (Å²) < 4.78 is 25.8. The average molecular weight is 224 g/mol. The summed E-state index contributed by atoms with van der Waals surface area (Å²) in [6, 6.07) is 8.01. The van der Waals surface area contributed by atoms with Crippen LogP contribution in [0.4, 0.5) is 0 Å². The second-order valence-corrected chi connectivity index (χ2v) is 4.74. The van der Waals surface area contributed by atoms with Crippen molar-refractivity contribution in [2.75, 3.05) is 6.54 Å². The van der Waals surface area contributed by atoms with E-state index in [1.807, 2.05) is 13.0 Å². The molecule has 0 bridgehead atoms. The summed E-state index contributed by atoms with van der Waals surface area (Å²) in [6.45, 7) is 2.25. The maximum absolute atomic E-state index is 11.7. The van der Waals surface area contributed by atoms with Crippen LogP contribution in [0.5, 0.6) is 0 Å². The van der Waals surface area contributed by atoms with Gasteiger partial charge in [-0.25, -0.2) is 13.1 Å². The molecule has 0 spiro atoms. The summed E-state index contributed by atoms with van der Waals surface area (Å²) in [5.41, 5.74) is 0.168. The first-order chi connectivity index (χ1) is 7.11. The highest BCUT2D eigenvalue weighted by atomic mass is 32.2. The monoisotopic (exact) mass is 224 g/mol. The Kier molecular flexibility index (Phi) is 3.83. The highest BCUT2D eigenvalue weighted by Gasteiger charge is 2.16. The van der Waals surface area contributed by atoms with Gasteiger partial charge in [-0.15, -0.1) is 0 Å². The maximum Gasteiger partial charge on any atom is 0.241 e. The van der Waals surface area contributed by atoms with Crippen molar-refractivity contribution >= 4 is 10.0 Å². The van der Waals surface area contributed by atoms with Crippen LogP contribution in [-0.4, -0.2) is 15.0 Å². The molecule has 1 aromatic carbocycles. The van der Waals surface area contributed by atoms with E-state index in [9.17, 15) is 8.42 Å². The molecule has 0 saturated heterocycles. The third-order valence-electron chi connectivity index (χ3n) is 1.84. The van der Waals surface area contributed by atoms with Gasteiger partial charge in [0.1, 0.15) is 6.07 Å². The predicted octanol–water partition coefficient (Wildman–Crippen LogP) is 1.25. The highest BCUT2D eigenvalue weighted by molar-refractivity contribution is 7.89. The summed E-state index contributed by atoms with van der Waals surface area (Å²) in [6.07, 6.45) is 0.716. The molecule has 1 rings (SSSR count). The molecule has 0 aromatic heterocycles. The van der Waals surface area contributed by atoms with Crippen LogP contribution in [0.1, 0.15) is 18.9 Å². The van der Waals surface area contributed by atoms with Crippen LogP contribution in [0.15, 0.2) is 29.2 Å². The van der Waals surface area contributed by atoms with Gasteiger partial charge >= 0.3 is 0 Å². The molecule has 0 aliphatic heterocycles. The zero-order valence-corrected chi connectivity index (χ0v) is 9.21. The number of hydrogen-bond acceptors (Lipinski definition) is 3. The highest BCUT2D eigenvalue weighted by Crippen LogP contribution is 2.13. The van der Waals surface area contributed by atoms with Crippen molar-refractivity contribution in [1.82, 2.24) is 4.72 Å². The molecule has 0 unspecified atom stereocenters. The fraction of sp³-hybridized carbons (Fsp3) is 0.300. The van der Waals surface area contributed by atoms with Gasteiger partial charge in [-0.05, 0) is 18.6 Å². The molecule has 0 aliphatic carbocycles. The predicted molar refractivity (Wildman–Crippen MR) is 56.6 cm³/mol. The molecular weight excluding hydrogens is 212 g/mol. The Balaban J connectivity index is 3.11. The normalized spacial score (nSPS) is 10.9. The minimum Gasteiger partial charge on any atom is -0.211 e. The van der Waals surface area contributed by atoms with E-state index in [4.69, 9.17) is 5.26 Å². The molecule has 0 heterocycles. The van der Waals surface area contributed by atoms with Gasteiger partial charge in [0, 0.05) is 6.54 Å². The largest absolute Gasteiger partial charge is 0.241 e. The Morgan fingerprint density at radius 2 is 2.07 bits per heavy atom. The minimum atomic E-state index is -3.54. The number of hydrogen-bond donors (Lipinski definition) is 1. The van der Waals surface area contributed by atoms with Crippen molar-refractivity contribution in [3.63, 3.8) is 0 Å². The van der Waals surface area contributed by atoms with Crippen molar-refractivity contribution in [2.24, 2.45) is 0 Å². The molecule has 0 atom stereocenters. The van der Waals surface area contributed by atoms with Crippen molar-refractivity contribution < 1.29 is 8.42 Å².